The first-order chi connectivity index (χ1) is 18.9. The molecule has 0 unspecified atom stereocenters. The summed E-state index contributed by atoms with van der Waals surface area (Å²) in [5.41, 5.74) is 4.73. The molecule has 0 radical (unpaired) electrons. The highest BCUT2D eigenvalue weighted by Crippen LogP contribution is 2.44. The number of unbranched alkanes of at least 4 members (excludes halogenated alkanes) is 2. The molecule has 0 bridgehead atoms. The number of ether oxygens (including phenoxy) is 2. The van der Waals surface area contributed by atoms with Crippen LogP contribution in [0.2, 0.25) is 0 Å². The van der Waals surface area contributed by atoms with Crippen molar-refractivity contribution in [2.24, 2.45) is 7.05 Å². The number of nitrogens with zero attached hydrogens (tertiary/aromatic N) is 3. The van der Waals surface area contributed by atoms with Gasteiger partial charge in [0, 0.05) is 44.9 Å². The summed E-state index contributed by atoms with van der Waals surface area (Å²) in [7, 11) is 1.99. The Morgan fingerprint density at radius 3 is 2.49 bits per heavy atom. The van der Waals surface area contributed by atoms with E-state index in [-0.39, 0.29) is 17.5 Å². The summed E-state index contributed by atoms with van der Waals surface area (Å²) in [6.07, 6.45) is 4.84. The molecule has 212 valence electrons. The molecule has 9 nitrogen and oxygen atoms in total. The minimum absolute atomic E-state index is 0.200. The number of aromatic nitrogens is 3. The average molecular weight is 538 g/mol. The third-order valence-corrected chi connectivity index (χ3v) is 7.09. The van der Waals surface area contributed by atoms with Crippen LogP contribution in [0.4, 0.5) is 0 Å². The second-order valence-corrected chi connectivity index (χ2v) is 10.4. The smallest absolute Gasteiger partial charge is 0.274 e. The first kappa shape index (κ1) is 28.7. The summed E-state index contributed by atoms with van der Waals surface area (Å²) in [6.45, 7) is 13.7. The van der Waals surface area contributed by atoms with Crippen molar-refractivity contribution in [1.82, 2.24) is 25.3 Å². The molecule has 0 fully saturated rings. The Labute approximate surface area is 231 Å². The van der Waals surface area contributed by atoms with Crippen LogP contribution in [0.25, 0.3) is 22.7 Å². The van der Waals surface area contributed by atoms with E-state index in [1.165, 1.54) is 0 Å². The number of carbonyl (C=O) groups is 1. The van der Waals surface area contributed by atoms with Gasteiger partial charge in [0.1, 0.15) is 17.3 Å². The topological polar surface area (TPSA) is 103 Å². The highest BCUT2D eigenvalue weighted by atomic mass is 16.5. The molecule has 3 heterocycles. The van der Waals surface area contributed by atoms with E-state index in [1.807, 2.05) is 20.0 Å². The lowest BCUT2D eigenvalue weighted by Crippen LogP contribution is -2.24. The number of rotatable bonds is 13. The first-order valence-electron chi connectivity index (χ1n) is 14.4. The first-order valence-corrected chi connectivity index (χ1v) is 14.4. The van der Waals surface area contributed by atoms with Crippen molar-refractivity contribution >= 4 is 5.91 Å². The fourth-order valence-corrected chi connectivity index (χ4v) is 4.86. The SMILES string of the molecule is CCCCOc1cc(OCCCC)c(C(C)C)cc1-c1onc(C(=O)NCC)c1-c1nc2c(n1C)CCNC2. The fourth-order valence-electron chi connectivity index (χ4n) is 4.86. The van der Waals surface area contributed by atoms with E-state index in [0.29, 0.717) is 49.2 Å². The summed E-state index contributed by atoms with van der Waals surface area (Å²) >= 11 is 0. The Kier molecular flexibility index (Phi) is 9.67. The van der Waals surface area contributed by atoms with Gasteiger partial charge >= 0.3 is 0 Å². The van der Waals surface area contributed by atoms with Gasteiger partial charge in [-0.1, -0.05) is 45.7 Å². The number of carbonyl (C=O) groups excluding carboxylic acids is 1. The maximum absolute atomic E-state index is 13.2. The van der Waals surface area contributed by atoms with Crippen LogP contribution in [-0.4, -0.2) is 46.9 Å². The van der Waals surface area contributed by atoms with E-state index in [9.17, 15) is 4.79 Å². The summed E-state index contributed by atoms with van der Waals surface area (Å²) in [6, 6.07) is 4.05. The second kappa shape index (κ2) is 13.2. The Hall–Kier alpha value is -3.33. The van der Waals surface area contributed by atoms with Crippen molar-refractivity contribution in [2.75, 3.05) is 26.3 Å². The Morgan fingerprint density at radius 1 is 1.13 bits per heavy atom. The van der Waals surface area contributed by atoms with Crippen LogP contribution in [0, 0.1) is 0 Å². The van der Waals surface area contributed by atoms with Gasteiger partial charge in [-0.15, -0.1) is 0 Å². The zero-order valence-electron chi connectivity index (χ0n) is 24.3. The number of hydrogen-bond acceptors (Lipinski definition) is 7. The molecule has 3 aromatic rings. The number of benzene rings is 1. The largest absolute Gasteiger partial charge is 0.493 e. The maximum Gasteiger partial charge on any atom is 0.274 e. The van der Waals surface area contributed by atoms with Gasteiger partial charge < -0.3 is 29.2 Å². The predicted molar refractivity (Wildman–Crippen MR) is 152 cm³/mol. The lowest BCUT2D eigenvalue weighted by molar-refractivity contribution is 0.0947. The normalized spacial score (nSPS) is 13.0. The number of imidazole rings is 1. The van der Waals surface area contributed by atoms with Crippen LogP contribution in [-0.2, 0) is 20.0 Å². The molecule has 1 aliphatic rings. The monoisotopic (exact) mass is 537 g/mol. The molecule has 4 rings (SSSR count). The lowest BCUT2D eigenvalue weighted by atomic mass is 9.96. The van der Waals surface area contributed by atoms with E-state index < -0.39 is 0 Å². The van der Waals surface area contributed by atoms with Crippen LogP contribution in [0.3, 0.4) is 0 Å². The van der Waals surface area contributed by atoms with Gasteiger partial charge in [0.25, 0.3) is 5.91 Å². The minimum atomic E-state index is -0.293. The van der Waals surface area contributed by atoms with Crippen molar-refractivity contribution in [3.63, 3.8) is 0 Å². The molecule has 0 spiro atoms. The van der Waals surface area contributed by atoms with Crippen molar-refractivity contribution in [1.29, 1.82) is 0 Å². The number of amides is 1. The predicted octanol–water partition coefficient (Wildman–Crippen LogP) is 5.62. The molecule has 1 aliphatic heterocycles. The van der Waals surface area contributed by atoms with Gasteiger partial charge in [0.05, 0.1) is 30.0 Å². The zero-order chi connectivity index (χ0) is 27.9. The minimum Gasteiger partial charge on any atom is -0.493 e. The van der Waals surface area contributed by atoms with Crippen molar-refractivity contribution in [3.8, 4) is 34.2 Å². The molecule has 1 amide bonds. The van der Waals surface area contributed by atoms with Crippen LogP contribution >= 0.6 is 0 Å². The molecule has 0 saturated carbocycles. The Bertz CT molecular complexity index is 1280. The molecular weight excluding hydrogens is 494 g/mol. The molecule has 1 aromatic carbocycles. The molecule has 9 heteroatoms. The van der Waals surface area contributed by atoms with Crippen LogP contribution in [0.15, 0.2) is 16.7 Å². The van der Waals surface area contributed by atoms with Gasteiger partial charge in [-0.2, -0.15) is 0 Å². The fraction of sp³-hybridized carbons (Fsp3) is 0.567. The quantitative estimate of drug-likeness (QED) is 0.273. The Balaban J connectivity index is 1.93. The van der Waals surface area contributed by atoms with Gasteiger partial charge in [-0.25, -0.2) is 4.98 Å². The second-order valence-electron chi connectivity index (χ2n) is 10.4. The van der Waals surface area contributed by atoms with Gasteiger partial charge in [-0.3, -0.25) is 4.79 Å². The van der Waals surface area contributed by atoms with E-state index in [1.54, 1.807) is 0 Å². The highest BCUT2D eigenvalue weighted by molar-refractivity contribution is 6.01. The Morgan fingerprint density at radius 2 is 1.85 bits per heavy atom. The zero-order valence-corrected chi connectivity index (χ0v) is 24.3. The van der Waals surface area contributed by atoms with Crippen LogP contribution in [0.5, 0.6) is 11.5 Å². The van der Waals surface area contributed by atoms with Gasteiger partial charge in [0.2, 0.25) is 0 Å². The van der Waals surface area contributed by atoms with Crippen molar-refractivity contribution in [2.45, 2.75) is 79.2 Å². The van der Waals surface area contributed by atoms with Gasteiger partial charge in [0.15, 0.2) is 11.5 Å². The summed E-state index contributed by atoms with van der Waals surface area (Å²) in [4.78, 5) is 18.1. The summed E-state index contributed by atoms with van der Waals surface area (Å²) in [5, 5.41) is 10.6. The average Bonchev–Trinajstić information content (AvgIpc) is 3.50. The summed E-state index contributed by atoms with van der Waals surface area (Å²) < 4.78 is 20.6. The lowest BCUT2D eigenvalue weighted by Gasteiger charge is -2.19. The number of hydrogen-bond donors (Lipinski definition) is 2. The molecular formula is C30H43N5O4. The van der Waals surface area contributed by atoms with E-state index in [2.05, 4.69) is 54.1 Å². The maximum atomic E-state index is 13.2. The van der Waals surface area contributed by atoms with Crippen molar-refractivity contribution in [3.05, 3.63) is 34.8 Å². The van der Waals surface area contributed by atoms with Crippen molar-refractivity contribution < 1.29 is 18.8 Å². The number of fused-ring (bicyclic) bond motifs is 1. The van der Waals surface area contributed by atoms with Gasteiger partial charge in [-0.05, 0) is 37.3 Å². The third-order valence-electron chi connectivity index (χ3n) is 7.09. The van der Waals surface area contributed by atoms with Crippen LogP contribution in [0.1, 0.15) is 93.7 Å². The molecule has 0 saturated heterocycles. The van der Waals surface area contributed by atoms with E-state index in [4.69, 9.17) is 19.0 Å². The molecule has 39 heavy (non-hydrogen) atoms. The molecule has 0 atom stereocenters. The summed E-state index contributed by atoms with van der Waals surface area (Å²) in [5.74, 6) is 2.51. The number of nitrogens with one attached hydrogen (secondary N) is 2. The van der Waals surface area contributed by atoms with E-state index in [0.717, 1.165) is 66.9 Å². The van der Waals surface area contributed by atoms with E-state index >= 15 is 0 Å². The molecule has 2 N–H and O–H groups in total. The standard InChI is InChI=1S/C30H43N5O4/c1-7-10-14-37-24-17-25(38-15-11-8-2)21(16-20(24)19(4)5)28-26(27(34-39-28)30(36)32-9-3)29-33-22-18-31-13-12-23(22)35(29)6/h16-17,19,31H,7-15,18H2,1-6H3,(H,32,36). The highest BCUT2D eigenvalue weighted by Gasteiger charge is 2.31. The van der Waals surface area contributed by atoms with Crippen LogP contribution < -0.4 is 20.1 Å². The molecule has 2 aromatic heterocycles. The third kappa shape index (κ3) is 6.13. The molecule has 0 aliphatic carbocycles.